The summed E-state index contributed by atoms with van der Waals surface area (Å²) in [5.74, 6) is -0.518. The van der Waals surface area contributed by atoms with Gasteiger partial charge in [-0.05, 0) is 38.8 Å². The quantitative estimate of drug-likeness (QED) is 0.937. The lowest BCUT2D eigenvalue weighted by atomic mass is 9.86. The maximum atomic E-state index is 10.9. The number of nitrogens with zero attached hydrogens (tertiary/aromatic N) is 3. The highest BCUT2D eigenvalue weighted by Gasteiger charge is 2.31. The molecule has 1 atom stereocenters. The summed E-state index contributed by atoms with van der Waals surface area (Å²) in [5.41, 5.74) is 0.878. The molecular weight excluding hydrogens is 302 g/mol. The van der Waals surface area contributed by atoms with Crippen LogP contribution in [0.2, 0.25) is 0 Å². The number of ether oxygens (including phenoxy) is 1. The predicted octanol–water partition coefficient (Wildman–Crippen LogP) is 2.76. The molecule has 2 aromatic heterocycles. The minimum absolute atomic E-state index is 0.114. The molecule has 0 saturated carbocycles. The van der Waals surface area contributed by atoms with E-state index in [-0.39, 0.29) is 5.60 Å². The topological polar surface area (TPSA) is 77.2 Å². The van der Waals surface area contributed by atoms with E-state index in [0.717, 1.165) is 30.0 Å². The minimum Gasteiger partial charge on any atom is -0.477 e. The van der Waals surface area contributed by atoms with Gasteiger partial charge in [0.15, 0.2) is 0 Å². The molecule has 1 N–H and O–H groups in total. The fourth-order valence-corrected chi connectivity index (χ4v) is 3.64. The first kappa shape index (κ1) is 15.2. The van der Waals surface area contributed by atoms with Crippen molar-refractivity contribution in [1.82, 2.24) is 15.0 Å². The Labute approximate surface area is 132 Å². The van der Waals surface area contributed by atoms with Crippen LogP contribution in [0.5, 0.6) is 0 Å². The van der Waals surface area contributed by atoms with Gasteiger partial charge in [-0.3, -0.25) is 0 Å². The van der Waals surface area contributed by atoms with Crippen LogP contribution in [0, 0.1) is 0 Å². The average Bonchev–Trinajstić information content (AvgIpc) is 3.07. The van der Waals surface area contributed by atoms with Crippen LogP contribution in [0.4, 0.5) is 0 Å². The number of carboxylic acids is 1. The highest BCUT2D eigenvalue weighted by Crippen LogP contribution is 2.34. The van der Waals surface area contributed by atoms with Gasteiger partial charge in [-0.25, -0.2) is 9.48 Å². The van der Waals surface area contributed by atoms with Crippen LogP contribution in [0.25, 0.3) is 0 Å². The van der Waals surface area contributed by atoms with E-state index in [1.54, 1.807) is 10.7 Å². The van der Waals surface area contributed by atoms with E-state index in [2.05, 4.69) is 24.2 Å². The van der Waals surface area contributed by atoms with Gasteiger partial charge in [0.05, 0.1) is 17.8 Å². The fraction of sp³-hybridized carbons (Fsp3) is 0.533. The molecule has 1 saturated heterocycles. The van der Waals surface area contributed by atoms with E-state index in [1.807, 2.05) is 12.3 Å². The Bertz CT molecular complexity index is 677. The third-order valence-electron chi connectivity index (χ3n) is 3.86. The van der Waals surface area contributed by atoms with Crippen molar-refractivity contribution in [3.8, 4) is 0 Å². The van der Waals surface area contributed by atoms with Crippen LogP contribution in [0.3, 0.4) is 0 Å². The van der Waals surface area contributed by atoms with Gasteiger partial charge in [0.25, 0.3) is 0 Å². The van der Waals surface area contributed by atoms with E-state index >= 15 is 0 Å². The molecule has 22 heavy (non-hydrogen) atoms. The lowest BCUT2D eigenvalue weighted by molar-refractivity contribution is -0.0598. The van der Waals surface area contributed by atoms with Gasteiger partial charge in [0.1, 0.15) is 4.88 Å². The van der Waals surface area contributed by atoms with E-state index in [1.165, 1.54) is 11.3 Å². The summed E-state index contributed by atoms with van der Waals surface area (Å²) >= 11 is 1.27. The Morgan fingerprint density at radius 1 is 1.55 bits per heavy atom. The third-order valence-corrected chi connectivity index (χ3v) is 4.92. The molecule has 2 aromatic rings. The summed E-state index contributed by atoms with van der Waals surface area (Å²) in [6.45, 7) is 5.50. The SMILES string of the molecule is CC1(C)CC(c2cn(Cc3ccc(C(=O)O)s3)nn2)CCO1. The third kappa shape index (κ3) is 3.36. The van der Waals surface area contributed by atoms with E-state index < -0.39 is 5.97 Å². The van der Waals surface area contributed by atoms with E-state index in [4.69, 9.17) is 9.84 Å². The standard InChI is InChI=1S/C15H19N3O3S/c1-15(2)7-10(5-6-21-15)12-9-18(17-16-12)8-11-3-4-13(22-11)14(19)20/h3-4,9-10H,5-8H2,1-2H3,(H,19,20). The molecule has 3 rings (SSSR count). The number of aromatic nitrogens is 3. The second kappa shape index (κ2) is 5.81. The highest BCUT2D eigenvalue weighted by molar-refractivity contribution is 7.13. The first-order valence-corrected chi connectivity index (χ1v) is 8.10. The number of carbonyl (C=O) groups is 1. The van der Waals surface area contributed by atoms with Gasteiger partial charge in [0, 0.05) is 23.6 Å². The van der Waals surface area contributed by atoms with Crippen molar-refractivity contribution in [3.63, 3.8) is 0 Å². The summed E-state index contributed by atoms with van der Waals surface area (Å²) in [5, 5.41) is 17.4. The summed E-state index contributed by atoms with van der Waals surface area (Å²) in [7, 11) is 0. The molecule has 3 heterocycles. The molecule has 0 radical (unpaired) electrons. The Morgan fingerprint density at radius 2 is 2.36 bits per heavy atom. The summed E-state index contributed by atoms with van der Waals surface area (Å²) in [6, 6.07) is 3.45. The molecule has 1 aliphatic rings. The number of carboxylic acid groups (broad SMARTS) is 1. The van der Waals surface area contributed by atoms with Crippen LogP contribution >= 0.6 is 11.3 Å². The van der Waals surface area contributed by atoms with Crippen molar-refractivity contribution in [2.45, 2.75) is 44.8 Å². The molecule has 1 aliphatic heterocycles. The molecule has 6 nitrogen and oxygen atoms in total. The number of hydrogen-bond donors (Lipinski definition) is 1. The van der Waals surface area contributed by atoms with Crippen LogP contribution in [-0.4, -0.2) is 38.3 Å². The Kier molecular flexibility index (Phi) is 4.01. The molecule has 7 heteroatoms. The molecule has 0 bridgehead atoms. The number of hydrogen-bond acceptors (Lipinski definition) is 5. The zero-order valence-corrected chi connectivity index (χ0v) is 13.5. The first-order valence-electron chi connectivity index (χ1n) is 7.29. The molecule has 0 spiro atoms. The maximum absolute atomic E-state index is 10.9. The Balaban J connectivity index is 1.69. The zero-order chi connectivity index (χ0) is 15.7. The van der Waals surface area contributed by atoms with Crippen molar-refractivity contribution >= 4 is 17.3 Å². The Morgan fingerprint density at radius 3 is 3.05 bits per heavy atom. The van der Waals surface area contributed by atoms with Crippen molar-refractivity contribution in [2.75, 3.05) is 6.61 Å². The number of rotatable bonds is 4. The van der Waals surface area contributed by atoms with E-state index in [9.17, 15) is 4.79 Å². The van der Waals surface area contributed by atoms with Crippen molar-refractivity contribution in [3.05, 3.63) is 33.8 Å². The predicted molar refractivity (Wildman–Crippen MR) is 82.4 cm³/mol. The molecule has 0 aromatic carbocycles. The lowest BCUT2D eigenvalue weighted by Gasteiger charge is -2.34. The Hall–Kier alpha value is -1.73. The van der Waals surface area contributed by atoms with Gasteiger partial charge < -0.3 is 9.84 Å². The minimum atomic E-state index is -0.889. The lowest BCUT2D eigenvalue weighted by Crippen LogP contribution is -2.33. The van der Waals surface area contributed by atoms with Crippen LogP contribution < -0.4 is 0 Å². The van der Waals surface area contributed by atoms with Gasteiger partial charge in [-0.15, -0.1) is 16.4 Å². The maximum Gasteiger partial charge on any atom is 0.345 e. The van der Waals surface area contributed by atoms with Crippen molar-refractivity contribution in [2.24, 2.45) is 0 Å². The smallest absolute Gasteiger partial charge is 0.345 e. The summed E-state index contributed by atoms with van der Waals surface area (Å²) in [6.07, 6.45) is 3.87. The molecule has 1 unspecified atom stereocenters. The van der Waals surface area contributed by atoms with Crippen LogP contribution in [0.15, 0.2) is 18.3 Å². The monoisotopic (exact) mass is 321 g/mol. The molecule has 0 aliphatic carbocycles. The highest BCUT2D eigenvalue weighted by atomic mass is 32.1. The van der Waals surface area contributed by atoms with Gasteiger partial charge in [-0.1, -0.05) is 5.21 Å². The molecule has 118 valence electrons. The zero-order valence-electron chi connectivity index (χ0n) is 12.7. The van der Waals surface area contributed by atoms with Gasteiger partial charge in [-0.2, -0.15) is 0 Å². The first-order chi connectivity index (χ1) is 10.4. The second-order valence-electron chi connectivity index (χ2n) is 6.21. The largest absolute Gasteiger partial charge is 0.477 e. The van der Waals surface area contributed by atoms with Gasteiger partial charge in [0.2, 0.25) is 0 Å². The van der Waals surface area contributed by atoms with Crippen molar-refractivity contribution in [1.29, 1.82) is 0 Å². The average molecular weight is 321 g/mol. The van der Waals surface area contributed by atoms with Crippen LogP contribution in [-0.2, 0) is 11.3 Å². The van der Waals surface area contributed by atoms with Gasteiger partial charge >= 0.3 is 5.97 Å². The molecule has 0 amide bonds. The summed E-state index contributed by atoms with van der Waals surface area (Å²) < 4.78 is 7.51. The summed E-state index contributed by atoms with van der Waals surface area (Å²) in [4.78, 5) is 12.2. The van der Waals surface area contributed by atoms with Crippen molar-refractivity contribution < 1.29 is 14.6 Å². The molecule has 1 fully saturated rings. The van der Waals surface area contributed by atoms with E-state index in [0.29, 0.717) is 17.3 Å². The normalized spacial score (nSPS) is 20.9. The number of thiophene rings is 1. The number of aromatic carboxylic acids is 1. The second-order valence-corrected chi connectivity index (χ2v) is 7.38. The fourth-order valence-electron chi connectivity index (χ4n) is 2.80. The van der Waals surface area contributed by atoms with Crippen LogP contribution in [0.1, 0.15) is 52.8 Å². The molecular formula is C15H19N3O3S.